The second-order valence-corrected chi connectivity index (χ2v) is 5.92. The van der Waals surface area contributed by atoms with Crippen LogP contribution in [0.1, 0.15) is 36.7 Å². The molecule has 0 spiro atoms. The average molecular weight is 343 g/mol. The molecule has 0 aromatic heterocycles. The van der Waals surface area contributed by atoms with Crippen LogP contribution in [0.25, 0.3) is 11.1 Å². The van der Waals surface area contributed by atoms with Gasteiger partial charge < -0.3 is 10.2 Å². The molecule has 2 atom stereocenters. The molecule has 2 unspecified atom stereocenters. The van der Waals surface area contributed by atoms with E-state index in [9.17, 15) is 14.6 Å². The maximum Gasteiger partial charge on any atom is 0.119 e. The Hall–Kier alpha value is -1.13. The van der Waals surface area contributed by atoms with Crippen LogP contribution >= 0.6 is 23.2 Å². The lowest BCUT2D eigenvalue weighted by atomic mass is 9.93. The Kier molecular flexibility index (Phi) is 5.81. The van der Waals surface area contributed by atoms with Crippen molar-refractivity contribution in [2.75, 3.05) is 6.67 Å². The normalized spacial score (nSPS) is 13.9. The van der Waals surface area contributed by atoms with Crippen molar-refractivity contribution in [3.63, 3.8) is 0 Å². The summed E-state index contributed by atoms with van der Waals surface area (Å²) in [7, 11) is 0. The monoisotopic (exact) mass is 342 g/mol. The first kappa shape index (κ1) is 17.2. The quantitative estimate of drug-likeness (QED) is 0.792. The Morgan fingerprint density at radius 1 is 1.09 bits per heavy atom. The van der Waals surface area contributed by atoms with Crippen molar-refractivity contribution >= 4 is 23.2 Å². The SMILES string of the molecule is CCC(O)c1cccc(Cl)c1-c1cc(Cl)cc(C(O)CF)c1. The molecule has 22 heavy (non-hydrogen) atoms. The van der Waals surface area contributed by atoms with Gasteiger partial charge in [0.05, 0.1) is 6.10 Å². The topological polar surface area (TPSA) is 40.5 Å². The minimum absolute atomic E-state index is 0.372. The van der Waals surface area contributed by atoms with Gasteiger partial charge in [-0.2, -0.15) is 0 Å². The molecule has 0 bridgehead atoms. The van der Waals surface area contributed by atoms with Crippen molar-refractivity contribution in [2.24, 2.45) is 0 Å². The summed E-state index contributed by atoms with van der Waals surface area (Å²) in [6, 6.07) is 10.1. The molecule has 0 heterocycles. The summed E-state index contributed by atoms with van der Waals surface area (Å²) in [6.07, 6.45) is -1.37. The standard InChI is InChI=1S/C17H17Cl2FO2/c1-2-15(21)13-4-3-5-14(19)17(13)11-6-10(16(22)9-20)7-12(18)8-11/h3-8,15-16,21-22H,2,9H2,1H3. The minimum atomic E-state index is -1.24. The molecule has 0 radical (unpaired) electrons. The molecule has 0 aliphatic heterocycles. The Labute approximate surface area is 139 Å². The predicted octanol–water partition coefficient (Wildman–Crippen LogP) is 5.11. The van der Waals surface area contributed by atoms with Gasteiger partial charge in [0.1, 0.15) is 12.8 Å². The van der Waals surface area contributed by atoms with Gasteiger partial charge in [-0.05, 0) is 47.4 Å². The van der Waals surface area contributed by atoms with Gasteiger partial charge in [0.25, 0.3) is 0 Å². The highest BCUT2D eigenvalue weighted by molar-refractivity contribution is 6.34. The molecule has 2 N–H and O–H groups in total. The molecule has 0 fully saturated rings. The molecular weight excluding hydrogens is 326 g/mol. The highest BCUT2D eigenvalue weighted by Gasteiger charge is 2.17. The second-order valence-electron chi connectivity index (χ2n) is 5.07. The Morgan fingerprint density at radius 2 is 1.82 bits per heavy atom. The zero-order valence-electron chi connectivity index (χ0n) is 12.1. The van der Waals surface area contributed by atoms with Gasteiger partial charge in [-0.25, -0.2) is 4.39 Å². The smallest absolute Gasteiger partial charge is 0.119 e. The first-order chi connectivity index (χ1) is 10.5. The molecule has 2 rings (SSSR count). The first-order valence-electron chi connectivity index (χ1n) is 6.99. The van der Waals surface area contributed by atoms with Gasteiger partial charge >= 0.3 is 0 Å². The van der Waals surface area contributed by atoms with E-state index in [-0.39, 0.29) is 0 Å². The predicted molar refractivity (Wildman–Crippen MR) is 88.1 cm³/mol. The minimum Gasteiger partial charge on any atom is -0.388 e. The summed E-state index contributed by atoms with van der Waals surface area (Å²) in [5.41, 5.74) is 2.34. The van der Waals surface area contributed by atoms with E-state index in [1.54, 1.807) is 30.3 Å². The third-order valence-electron chi connectivity index (χ3n) is 3.53. The van der Waals surface area contributed by atoms with Crippen LogP contribution in [0, 0.1) is 0 Å². The molecule has 2 nitrogen and oxygen atoms in total. The fourth-order valence-corrected chi connectivity index (χ4v) is 2.92. The van der Waals surface area contributed by atoms with Crippen molar-refractivity contribution in [3.8, 4) is 11.1 Å². The molecule has 0 saturated heterocycles. The maximum absolute atomic E-state index is 12.7. The van der Waals surface area contributed by atoms with Crippen LogP contribution in [-0.2, 0) is 0 Å². The van der Waals surface area contributed by atoms with Crippen LogP contribution in [0.4, 0.5) is 4.39 Å². The third kappa shape index (κ3) is 3.61. The number of rotatable bonds is 5. The number of aliphatic hydroxyl groups is 2. The number of benzene rings is 2. The van der Waals surface area contributed by atoms with Crippen LogP contribution in [-0.4, -0.2) is 16.9 Å². The summed E-state index contributed by atoms with van der Waals surface area (Å²) in [5.74, 6) is 0. The van der Waals surface area contributed by atoms with Gasteiger partial charge in [0.15, 0.2) is 0 Å². The number of alkyl halides is 1. The maximum atomic E-state index is 12.7. The summed E-state index contributed by atoms with van der Waals surface area (Å²) in [6.45, 7) is 0.971. The molecule has 118 valence electrons. The summed E-state index contributed by atoms with van der Waals surface area (Å²) < 4.78 is 12.7. The zero-order valence-corrected chi connectivity index (χ0v) is 13.6. The number of hydrogen-bond acceptors (Lipinski definition) is 2. The van der Waals surface area contributed by atoms with E-state index in [0.717, 1.165) is 0 Å². The van der Waals surface area contributed by atoms with E-state index in [0.29, 0.717) is 38.7 Å². The highest BCUT2D eigenvalue weighted by atomic mass is 35.5. The zero-order chi connectivity index (χ0) is 16.3. The lowest BCUT2D eigenvalue weighted by Gasteiger charge is -2.17. The average Bonchev–Trinajstić information content (AvgIpc) is 2.52. The Morgan fingerprint density at radius 3 is 2.45 bits per heavy atom. The van der Waals surface area contributed by atoms with E-state index in [1.165, 1.54) is 6.07 Å². The lowest BCUT2D eigenvalue weighted by molar-refractivity contribution is 0.142. The Balaban J connectivity index is 2.64. The highest BCUT2D eigenvalue weighted by Crippen LogP contribution is 2.38. The summed E-state index contributed by atoms with van der Waals surface area (Å²) >= 11 is 12.4. The molecule has 0 aliphatic rings. The van der Waals surface area contributed by atoms with Crippen LogP contribution in [0.15, 0.2) is 36.4 Å². The van der Waals surface area contributed by atoms with Gasteiger partial charge in [-0.1, -0.05) is 42.3 Å². The number of aliphatic hydroxyl groups excluding tert-OH is 2. The van der Waals surface area contributed by atoms with Gasteiger partial charge in [0.2, 0.25) is 0 Å². The number of halogens is 3. The lowest BCUT2D eigenvalue weighted by Crippen LogP contribution is -2.02. The van der Waals surface area contributed by atoms with Gasteiger partial charge in [0, 0.05) is 15.6 Å². The summed E-state index contributed by atoms with van der Waals surface area (Å²) in [5, 5.41) is 20.7. The van der Waals surface area contributed by atoms with Crippen LogP contribution < -0.4 is 0 Å². The molecule has 0 aliphatic carbocycles. The van der Waals surface area contributed by atoms with E-state index in [4.69, 9.17) is 23.2 Å². The molecular formula is C17H17Cl2FO2. The number of hydrogen-bond donors (Lipinski definition) is 2. The first-order valence-corrected chi connectivity index (χ1v) is 7.74. The molecule has 0 amide bonds. The van der Waals surface area contributed by atoms with E-state index in [2.05, 4.69) is 0 Å². The van der Waals surface area contributed by atoms with Crippen molar-refractivity contribution in [3.05, 3.63) is 57.6 Å². The molecule has 2 aromatic rings. The van der Waals surface area contributed by atoms with Crippen LogP contribution in [0.2, 0.25) is 10.0 Å². The third-order valence-corrected chi connectivity index (χ3v) is 4.06. The fraction of sp³-hybridized carbons (Fsp3) is 0.294. The van der Waals surface area contributed by atoms with Crippen molar-refractivity contribution in [2.45, 2.75) is 25.6 Å². The van der Waals surface area contributed by atoms with Crippen LogP contribution in [0.5, 0.6) is 0 Å². The van der Waals surface area contributed by atoms with Crippen LogP contribution in [0.3, 0.4) is 0 Å². The fourth-order valence-electron chi connectivity index (χ4n) is 2.38. The molecule has 0 saturated carbocycles. The van der Waals surface area contributed by atoms with Gasteiger partial charge in [-0.3, -0.25) is 0 Å². The summed E-state index contributed by atoms with van der Waals surface area (Å²) in [4.78, 5) is 0. The van der Waals surface area contributed by atoms with Gasteiger partial charge in [-0.15, -0.1) is 0 Å². The van der Waals surface area contributed by atoms with Crippen molar-refractivity contribution in [1.29, 1.82) is 0 Å². The van der Waals surface area contributed by atoms with E-state index in [1.807, 2.05) is 6.92 Å². The van der Waals surface area contributed by atoms with E-state index >= 15 is 0 Å². The second kappa shape index (κ2) is 7.42. The van der Waals surface area contributed by atoms with E-state index < -0.39 is 18.9 Å². The largest absolute Gasteiger partial charge is 0.388 e. The Bertz CT molecular complexity index is 661. The molecule has 2 aromatic carbocycles. The van der Waals surface area contributed by atoms with Crippen molar-refractivity contribution < 1.29 is 14.6 Å². The van der Waals surface area contributed by atoms with Crippen molar-refractivity contribution in [1.82, 2.24) is 0 Å². The molecule has 5 heteroatoms.